The van der Waals surface area contributed by atoms with Gasteiger partial charge in [0.1, 0.15) is 0 Å². The Hall–Kier alpha value is -1.65. The first-order chi connectivity index (χ1) is 9.69. The zero-order valence-corrected chi connectivity index (χ0v) is 12.2. The van der Waals surface area contributed by atoms with Crippen molar-refractivity contribution in [1.82, 2.24) is 15.1 Å². The summed E-state index contributed by atoms with van der Waals surface area (Å²) in [4.78, 5) is 0. The molecule has 0 spiro atoms. The van der Waals surface area contributed by atoms with Crippen LogP contribution >= 0.6 is 0 Å². The largest absolute Gasteiger partial charge is 0.395 e. The van der Waals surface area contributed by atoms with Crippen LogP contribution in [0.1, 0.15) is 31.0 Å². The first-order valence-corrected chi connectivity index (χ1v) is 7.10. The smallest absolute Gasteiger partial charge is 0.0587 e. The molecule has 0 aliphatic heterocycles. The molecule has 20 heavy (non-hydrogen) atoms. The molecule has 4 nitrogen and oxygen atoms in total. The number of nitrogens with zero attached hydrogens (tertiary/aromatic N) is 2. The lowest BCUT2D eigenvalue weighted by Gasteiger charge is -2.15. The van der Waals surface area contributed by atoms with Crippen LogP contribution in [0.25, 0.3) is 0 Å². The number of aliphatic hydroxyl groups is 1. The molecule has 1 aromatic carbocycles. The van der Waals surface area contributed by atoms with Gasteiger partial charge in [0.15, 0.2) is 0 Å². The van der Waals surface area contributed by atoms with Crippen molar-refractivity contribution in [2.45, 2.75) is 38.9 Å². The maximum atomic E-state index is 9.48. The highest BCUT2D eigenvalue weighted by Gasteiger charge is 2.09. The van der Waals surface area contributed by atoms with Gasteiger partial charge in [-0.15, -0.1) is 0 Å². The van der Waals surface area contributed by atoms with E-state index in [-0.39, 0.29) is 12.6 Å². The van der Waals surface area contributed by atoms with Crippen LogP contribution in [-0.4, -0.2) is 27.5 Å². The Bertz CT molecular complexity index is 507. The number of aromatic nitrogens is 2. The first kappa shape index (κ1) is 14.8. The Morgan fingerprint density at radius 1 is 1.20 bits per heavy atom. The standard InChI is InChI=1S/C16H23N3O/c1-13(2)19-11-15(10-18-19)9-17-16(12-20)8-14-6-4-3-5-7-14/h3-7,10-11,13,16-17,20H,8-9,12H2,1-2H3/t16-/m0/s1. The molecule has 0 unspecified atom stereocenters. The summed E-state index contributed by atoms with van der Waals surface area (Å²) >= 11 is 0. The van der Waals surface area contributed by atoms with Crippen molar-refractivity contribution in [2.75, 3.05) is 6.61 Å². The molecule has 0 fully saturated rings. The van der Waals surface area contributed by atoms with Gasteiger partial charge < -0.3 is 10.4 Å². The van der Waals surface area contributed by atoms with Crippen molar-refractivity contribution in [1.29, 1.82) is 0 Å². The molecule has 0 saturated carbocycles. The van der Waals surface area contributed by atoms with E-state index in [1.165, 1.54) is 5.56 Å². The Labute approximate surface area is 120 Å². The molecule has 4 heteroatoms. The fraction of sp³-hybridized carbons (Fsp3) is 0.438. The minimum Gasteiger partial charge on any atom is -0.395 e. The number of rotatable bonds is 7. The second-order valence-electron chi connectivity index (χ2n) is 5.37. The molecule has 0 amide bonds. The number of hydrogen-bond donors (Lipinski definition) is 2. The van der Waals surface area contributed by atoms with Crippen LogP contribution in [0, 0.1) is 0 Å². The number of benzene rings is 1. The summed E-state index contributed by atoms with van der Waals surface area (Å²) in [7, 11) is 0. The molecule has 2 rings (SSSR count). The minimum atomic E-state index is 0.0693. The maximum Gasteiger partial charge on any atom is 0.0587 e. The molecule has 2 N–H and O–H groups in total. The highest BCUT2D eigenvalue weighted by atomic mass is 16.3. The summed E-state index contributed by atoms with van der Waals surface area (Å²) in [5.41, 5.74) is 2.38. The fourth-order valence-electron chi connectivity index (χ4n) is 2.11. The Morgan fingerprint density at radius 2 is 1.95 bits per heavy atom. The van der Waals surface area contributed by atoms with Gasteiger partial charge in [-0.25, -0.2) is 0 Å². The van der Waals surface area contributed by atoms with Crippen molar-refractivity contribution in [3.8, 4) is 0 Å². The molecular formula is C16H23N3O. The van der Waals surface area contributed by atoms with E-state index >= 15 is 0 Å². The van der Waals surface area contributed by atoms with Crippen LogP contribution in [0.3, 0.4) is 0 Å². The lowest BCUT2D eigenvalue weighted by atomic mass is 10.1. The summed E-state index contributed by atoms with van der Waals surface area (Å²) in [6.45, 7) is 5.07. The van der Waals surface area contributed by atoms with Gasteiger partial charge in [-0.1, -0.05) is 30.3 Å². The molecule has 0 bridgehead atoms. The van der Waals surface area contributed by atoms with Crippen molar-refractivity contribution in [3.05, 3.63) is 53.9 Å². The summed E-state index contributed by atoms with van der Waals surface area (Å²) in [5, 5.41) is 17.2. The first-order valence-electron chi connectivity index (χ1n) is 7.10. The van der Waals surface area contributed by atoms with Gasteiger partial charge in [0, 0.05) is 30.4 Å². The van der Waals surface area contributed by atoms with Gasteiger partial charge in [0.05, 0.1) is 12.8 Å². The lowest BCUT2D eigenvalue weighted by molar-refractivity contribution is 0.241. The fourth-order valence-corrected chi connectivity index (χ4v) is 2.11. The molecule has 2 aromatic rings. The van der Waals surface area contributed by atoms with Gasteiger partial charge in [0.25, 0.3) is 0 Å². The van der Waals surface area contributed by atoms with Gasteiger partial charge in [0.2, 0.25) is 0 Å². The highest BCUT2D eigenvalue weighted by Crippen LogP contribution is 2.07. The third-order valence-electron chi connectivity index (χ3n) is 3.32. The quantitative estimate of drug-likeness (QED) is 0.813. The summed E-state index contributed by atoms with van der Waals surface area (Å²) in [6.07, 6.45) is 4.76. The van der Waals surface area contributed by atoms with Gasteiger partial charge in [-0.2, -0.15) is 5.10 Å². The van der Waals surface area contributed by atoms with Crippen LogP contribution in [-0.2, 0) is 13.0 Å². The maximum absolute atomic E-state index is 9.48. The molecule has 0 aliphatic carbocycles. The predicted octanol–water partition coefficient (Wildman–Crippen LogP) is 2.16. The molecule has 0 saturated heterocycles. The van der Waals surface area contributed by atoms with Crippen molar-refractivity contribution in [3.63, 3.8) is 0 Å². The predicted molar refractivity (Wildman–Crippen MR) is 80.5 cm³/mol. The topological polar surface area (TPSA) is 50.1 Å². The highest BCUT2D eigenvalue weighted by molar-refractivity contribution is 5.16. The van der Waals surface area contributed by atoms with E-state index in [4.69, 9.17) is 0 Å². The number of hydrogen-bond acceptors (Lipinski definition) is 3. The van der Waals surface area contributed by atoms with E-state index in [9.17, 15) is 5.11 Å². The molecule has 1 aromatic heterocycles. The Morgan fingerprint density at radius 3 is 2.55 bits per heavy atom. The van der Waals surface area contributed by atoms with E-state index in [0.29, 0.717) is 6.04 Å². The average Bonchev–Trinajstić information content (AvgIpc) is 2.93. The zero-order chi connectivity index (χ0) is 14.4. The van der Waals surface area contributed by atoms with E-state index in [1.807, 2.05) is 29.1 Å². The lowest BCUT2D eigenvalue weighted by Crippen LogP contribution is -2.33. The Kier molecular flexibility index (Phi) is 5.32. The zero-order valence-electron chi connectivity index (χ0n) is 12.2. The van der Waals surface area contributed by atoms with Crippen molar-refractivity contribution >= 4 is 0 Å². The average molecular weight is 273 g/mol. The molecule has 1 heterocycles. The SMILES string of the molecule is CC(C)n1cc(CN[C@H](CO)Cc2ccccc2)cn1. The second kappa shape index (κ2) is 7.22. The van der Waals surface area contributed by atoms with E-state index in [0.717, 1.165) is 18.5 Å². The third kappa shape index (κ3) is 4.18. The molecule has 1 atom stereocenters. The van der Waals surface area contributed by atoms with Crippen LogP contribution in [0.2, 0.25) is 0 Å². The summed E-state index contributed by atoms with van der Waals surface area (Å²) in [6, 6.07) is 10.7. The van der Waals surface area contributed by atoms with Crippen LogP contribution in [0.15, 0.2) is 42.7 Å². The number of aliphatic hydroxyl groups excluding tert-OH is 1. The van der Waals surface area contributed by atoms with E-state index < -0.39 is 0 Å². The van der Waals surface area contributed by atoms with Crippen LogP contribution in [0.4, 0.5) is 0 Å². The van der Waals surface area contributed by atoms with E-state index in [1.54, 1.807) is 0 Å². The summed E-state index contributed by atoms with van der Waals surface area (Å²) < 4.78 is 1.95. The van der Waals surface area contributed by atoms with Gasteiger partial charge in [-0.05, 0) is 25.8 Å². The van der Waals surface area contributed by atoms with Crippen LogP contribution < -0.4 is 5.32 Å². The monoisotopic (exact) mass is 273 g/mol. The van der Waals surface area contributed by atoms with Gasteiger partial charge in [-0.3, -0.25) is 4.68 Å². The summed E-state index contributed by atoms with van der Waals surface area (Å²) in [5.74, 6) is 0. The van der Waals surface area contributed by atoms with Gasteiger partial charge >= 0.3 is 0 Å². The molecule has 0 aliphatic rings. The van der Waals surface area contributed by atoms with E-state index in [2.05, 4.69) is 42.6 Å². The van der Waals surface area contributed by atoms with Crippen molar-refractivity contribution in [2.24, 2.45) is 0 Å². The molecule has 0 radical (unpaired) electrons. The van der Waals surface area contributed by atoms with Crippen molar-refractivity contribution < 1.29 is 5.11 Å². The minimum absolute atomic E-state index is 0.0693. The normalized spacial score (nSPS) is 12.8. The van der Waals surface area contributed by atoms with Crippen LogP contribution in [0.5, 0.6) is 0 Å². The third-order valence-corrected chi connectivity index (χ3v) is 3.32. The molecule has 108 valence electrons. The second-order valence-corrected chi connectivity index (χ2v) is 5.37. The molecular weight excluding hydrogens is 250 g/mol. The number of nitrogens with one attached hydrogen (secondary N) is 1. The Balaban J connectivity index is 1.87.